The topological polar surface area (TPSA) is 63.6 Å². The molecule has 0 aliphatic carbocycles. The molecule has 2 aromatic rings. The zero-order chi connectivity index (χ0) is 15.9. The lowest BCUT2D eigenvalue weighted by molar-refractivity contribution is -0.118. The zero-order valence-corrected chi connectivity index (χ0v) is 12.0. The lowest BCUT2D eigenvalue weighted by atomic mass is 10.1. The maximum atomic E-state index is 10.8. The largest absolute Gasteiger partial charge is 0.486 e. The van der Waals surface area contributed by atoms with Crippen LogP contribution >= 0.6 is 0 Å². The minimum absolute atomic E-state index is 0.0336. The molecule has 0 bridgehead atoms. The molecule has 0 saturated heterocycles. The van der Waals surface area contributed by atoms with E-state index in [0.29, 0.717) is 5.75 Å². The van der Waals surface area contributed by atoms with Gasteiger partial charge in [-0.25, -0.2) is 4.79 Å². The lowest BCUT2D eigenvalue weighted by Gasteiger charge is -2.02. The van der Waals surface area contributed by atoms with Gasteiger partial charge < -0.3 is 9.84 Å². The minimum atomic E-state index is -0.958. The molecule has 0 aromatic heterocycles. The van der Waals surface area contributed by atoms with E-state index in [9.17, 15) is 9.59 Å². The van der Waals surface area contributed by atoms with Crippen molar-refractivity contribution in [3.05, 3.63) is 65.2 Å². The van der Waals surface area contributed by atoms with Crippen molar-refractivity contribution >= 4 is 11.8 Å². The molecular formula is C18H14O4. The summed E-state index contributed by atoms with van der Waals surface area (Å²) in [6, 6.07) is 13.5. The molecule has 1 N–H and O–H groups in total. The number of rotatable bonds is 4. The fourth-order valence-electron chi connectivity index (χ4n) is 1.66. The van der Waals surface area contributed by atoms with E-state index in [1.807, 2.05) is 0 Å². The molecule has 0 fully saturated rings. The lowest BCUT2D eigenvalue weighted by Crippen LogP contribution is -2.06. The molecule has 0 heterocycles. The Bertz CT molecular complexity index is 731. The van der Waals surface area contributed by atoms with Crippen molar-refractivity contribution in [1.29, 1.82) is 0 Å². The highest BCUT2D eigenvalue weighted by atomic mass is 16.5. The molecule has 0 unspecified atom stereocenters. The first-order chi connectivity index (χ1) is 10.5. The normalized spacial score (nSPS) is 9.50. The Hall–Kier alpha value is -3.06. The van der Waals surface area contributed by atoms with E-state index in [2.05, 4.69) is 11.8 Å². The van der Waals surface area contributed by atoms with Crippen LogP contribution in [0.5, 0.6) is 5.75 Å². The van der Waals surface area contributed by atoms with Gasteiger partial charge >= 0.3 is 5.97 Å². The molecule has 0 amide bonds. The van der Waals surface area contributed by atoms with Gasteiger partial charge in [0.05, 0.1) is 5.56 Å². The summed E-state index contributed by atoms with van der Waals surface area (Å²) < 4.78 is 5.27. The van der Waals surface area contributed by atoms with E-state index in [0.717, 1.165) is 11.1 Å². The van der Waals surface area contributed by atoms with Crippen molar-refractivity contribution < 1.29 is 19.4 Å². The van der Waals surface area contributed by atoms with Crippen molar-refractivity contribution in [2.24, 2.45) is 0 Å². The molecule has 2 rings (SSSR count). The Morgan fingerprint density at radius 2 is 1.45 bits per heavy atom. The van der Waals surface area contributed by atoms with Crippen LogP contribution in [0, 0.1) is 11.8 Å². The van der Waals surface area contributed by atoms with Crippen molar-refractivity contribution in [1.82, 2.24) is 0 Å². The SMILES string of the molecule is CC(=O)COc1ccc(C#Cc2ccc(C(=O)O)cc2)cc1. The van der Waals surface area contributed by atoms with Crippen LogP contribution in [0.2, 0.25) is 0 Å². The number of aromatic carboxylic acids is 1. The van der Waals surface area contributed by atoms with Gasteiger partial charge in [-0.2, -0.15) is 0 Å². The third-order valence-corrected chi connectivity index (χ3v) is 2.78. The van der Waals surface area contributed by atoms with E-state index >= 15 is 0 Å². The predicted molar refractivity (Wildman–Crippen MR) is 82.0 cm³/mol. The van der Waals surface area contributed by atoms with Crippen molar-refractivity contribution in [2.45, 2.75) is 6.92 Å². The van der Waals surface area contributed by atoms with Gasteiger partial charge in [0.2, 0.25) is 0 Å². The number of ether oxygens (including phenoxy) is 1. The summed E-state index contributed by atoms with van der Waals surface area (Å²) in [7, 11) is 0. The van der Waals surface area contributed by atoms with Gasteiger partial charge in [-0.3, -0.25) is 4.79 Å². The van der Waals surface area contributed by atoms with Crippen molar-refractivity contribution in [3.8, 4) is 17.6 Å². The molecule has 0 atom stereocenters. The Morgan fingerprint density at radius 1 is 0.955 bits per heavy atom. The Labute approximate surface area is 128 Å². The molecule has 0 aliphatic heterocycles. The van der Waals surface area contributed by atoms with Gasteiger partial charge in [0.15, 0.2) is 5.78 Å². The number of carbonyl (C=O) groups is 2. The molecule has 0 saturated carbocycles. The van der Waals surface area contributed by atoms with Crippen molar-refractivity contribution in [2.75, 3.05) is 6.61 Å². The number of Topliss-reactive ketones (excluding diaryl/α,β-unsaturated/α-hetero) is 1. The first-order valence-corrected chi connectivity index (χ1v) is 6.62. The smallest absolute Gasteiger partial charge is 0.335 e. The van der Waals surface area contributed by atoms with E-state index in [-0.39, 0.29) is 18.0 Å². The second kappa shape index (κ2) is 7.09. The molecule has 22 heavy (non-hydrogen) atoms. The molecule has 4 heteroatoms. The summed E-state index contributed by atoms with van der Waals surface area (Å²) in [5.74, 6) is 5.57. The standard InChI is InChI=1S/C18H14O4/c1-13(19)12-22-17-10-6-15(7-11-17)3-2-14-4-8-16(9-5-14)18(20)21/h4-11H,12H2,1H3,(H,20,21). The Morgan fingerprint density at radius 3 is 1.91 bits per heavy atom. The minimum Gasteiger partial charge on any atom is -0.486 e. The van der Waals surface area contributed by atoms with Gasteiger partial charge in [0.1, 0.15) is 12.4 Å². The molecule has 2 aromatic carbocycles. The van der Waals surface area contributed by atoms with Crippen molar-refractivity contribution in [3.63, 3.8) is 0 Å². The van der Waals surface area contributed by atoms with Crippen LogP contribution in [-0.4, -0.2) is 23.5 Å². The predicted octanol–water partition coefficient (Wildman–Crippen LogP) is 2.75. The summed E-state index contributed by atoms with van der Waals surface area (Å²) in [4.78, 5) is 21.6. The summed E-state index contributed by atoms with van der Waals surface area (Å²) in [5, 5.41) is 8.82. The fourth-order valence-corrected chi connectivity index (χ4v) is 1.66. The van der Waals surface area contributed by atoms with E-state index in [1.54, 1.807) is 36.4 Å². The number of hydrogen-bond donors (Lipinski definition) is 1. The molecule has 0 spiro atoms. The summed E-state index contributed by atoms with van der Waals surface area (Å²) in [6.45, 7) is 1.52. The van der Waals surface area contributed by atoms with Gasteiger partial charge in [-0.15, -0.1) is 0 Å². The van der Waals surface area contributed by atoms with Crippen LogP contribution in [-0.2, 0) is 4.79 Å². The fraction of sp³-hybridized carbons (Fsp3) is 0.111. The number of benzene rings is 2. The average molecular weight is 294 g/mol. The number of hydrogen-bond acceptors (Lipinski definition) is 3. The van der Waals surface area contributed by atoms with Crippen LogP contribution in [0.1, 0.15) is 28.4 Å². The van der Waals surface area contributed by atoms with Crippen LogP contribution < -0.4 is 4.74 Å². The number of carboxylic acids is 1. The average Bonchev–Trinajstić information content (AvgIpc) is 2.52. The third-order valence-electron chi connectivity index (χ3n) is 2.78. The highest BCUT2D eigenvalue weighted by Gasteiger charge is 2.00. The summed E-state index contributed by atoms with van der Waals surface area (Å²) in [5.41, 5.74) is 1.77. The van der Waals surface area contributed by atoms with E-state index in [4.69, 9.17) is 9.84 Å². The summed E-state index contributed by atoms with van der Waals surface area (Å²) in [6.07, 6.45) is 0. The van der Waals surface area contributed by atoms with E-state index in [1.165, 1.54) is 19.1 Å². The van der Waals surface area contributed by atoms with Crippen LogP contribution in [0.15, 0.2) is 48.5 Å². The highest BCUT2D eigenvalue weighted by Crippen LogP contribution is 2.11. The Kier molecular flexibility index (Phi) is 4.94. The second-order valence-corrected chi connectivity index (χ2v) is 4.65. The molecule has 0 aliphatic rings. The Balaban J connectivity index is 2.04. The van der Waals surface area contributed by atoms with Gasteiger partial charge in [0, 0.05) is 11.1 Å². The molecule has 0 radical (unpaired) electrons. The maximum Gasteiger partial charge on any atom is 0.335 e. The first kappa shape index (κ1) is 15.3. The molecule has 110 valence electrons. The summed E-state index contributed by atoms with van der Waals surface area (Å²) >= 11 is 0. The molecule has 4 nitrogen and oxygen atoms in total. The number of ketones is 1. The quantitative estimate of drug-likeness (QED) is 0.881. The monoisotopic (exact) mass is 294 g/mol. The van der Waals surface area contributed by atoms with Gasteiger partial charge in [0.25, 0.3) is 0 Å². The first-order valence-electron chi connectivity index (χ1n) is 6.62. The third kappa shape index (κ3) is 4.50. The van der Waals surface area contributed by atoms with Crippen LogP contribution in [0.3, 0.4) is 0 Å². The van der Waals surface area contributed by atoms with Gasteiger partial charge in [-0.05, 0) is 55.5 Å². The van der Waals surface area contributed by atoms with Crippen LogP contribution in [0.4, 0.5) is 0 Å². The van der Waals surface area contributed by atoms with Crippen LogP contribution in [0.25, 0.3) is 0 Å². The van der Waals surface area contributed by atoms with E-state index < -0.39 is 5.97 Å². The number of carboxylic acid groups (broad SMARTS) is 1. The molecular weight excluding hydrogens is 280 g/mol. The van der Waals surface area contributed by atoms with Gasteiger partial charge in [-0.1, -0.05) is 11.8 Å². The second-order valence-electron chi connectivity index (χ2n) is 4.65. The maximum absolute atomic E-state index is 10.8. The highest BCUT2D eigenvalue weighted by molar-refractivity contribution is 5.87. The zero-order valence-electron chi connectivity index (χ0n) is 12.0. The number of carbonyl (C=O) groups excluding carboxylic acids is 1.